The Morgan fingerprint density at radius 3 is 2.55 bits per heavy atom. The summed E-state index contributed by atoms with van der Waals surface area (Å²) in [5, 5.41) is 2.70. The molecule has 0 aliphatic carbocycles. The van der Waals surface area contributed by atoms with Gasteiger partial charge in [-0.2, -0.15) is 0 Å². The number of rotatable bonds is 7. The fourth-order valence-corrected chi connectivity index (χ4v) is 2.12. The number of halogens is 2. The standard InChI is InChI=1S/C15H22F2N2O/c1-3-5-7-10(6-4-2)19-15(20)13-11(16)8-9-12(18)14(13)17/h8-10H,3-7,18H2,1-2H3,(H,19,20). The van der Waals surface area contributed by atoms with Crippen LogP contribution in [0.1, 0.15) is 56.3 Å². The van der Waals surface area contributed by atoms with E-state index in [9.17, 15) is 13.6 Å². The van der Waals surface area contributed by atoms with E-state index in [1.807, 2.05) is 6.92 Å². The smallest absolute Gasteiger partial charge is 0.257 e. The van der Waals surface area contributed by atoms with Crippen molar-refractivity contribution < 1.29 is 13.6 Å². The van der Waals surface area contributed by atoms with E-state index in [2.05, 4.69) is 12.2 Å². The van der Waals surface area contributed by atoms with E-state index in [4.69, 9.17) is 5.73 Å². The van der Waals surface area contributed by atoms with Gasteiger partial charge in [0.05, 0.1) is 5.69 Å². The first-order chi connectivity index (χ1) is 9.51. The van der Waals surface area contributed by atoms with Gasteiger partial charge in [0.15, 0.2) is 5.82 Å². The highest BCUT2D eigenvalue weighted by molar-refractivity contribution is 5.95. The molecule has 1 rings (SSSR count). The number of amides is 1. The second kappa shape index (κ2) is 7.82. The number of carbonyl (C=O) groups excluding carboxylic acids is 1. The lowest BCUT2D eigenvalue weighted by Gasteiger charge is -2.18. The highest BCUT2D eigenvalue weighted by Crippen LogP contribution is 2.19. The van der Waals surface area contributed by atoms with Crippen molar-refractivity contribution in [2.45, 2.75) is 52.0 Å². The fourth-order valence-electron chi connectivity index (χ4n) is 2.12. The number of nitrogen functional groups attached to an aromatic ring is 1. The molecular weight excluding hydrogens is 262 g/mol. The van der Waals surface area contributed by atoms with E-state index in [1.165, 1.54) is 0 Å². The zero-order valence-corrected chi connectivity index (χ0v) is 12.0. The molecule has 0 heterocycles. The predicted molar refractivity (Wildman–Crippen MR) is 76.5 cm³/mol. The number of hydrogen-bond donors (Lipinski definition) is 2. The molecule has 0 aromatic heterocycles. The molecule has 0 saturated heterocycles. The van der Waals surface area contributed by atoms with Gasteiger partial charge >= 0.3 is 0 Å². The van der Waals surface area contributed by atoms with Gasteiger partial charge in [0.2, 0.25) is 0 Å². The van der Waals surface area contributed by atoms with Gasteiger partial charge in [-0.1, -0.05) is 33.1 Å². The molecule has 1 atom stereocenters. The van der Waals surface area contributed by atoms with Crippen molar-refractivity contribution in [2.75, 3.05) is 5.73 Å². The maximum absolute atomic E-state index is 13.8. The summed E-state index contributed by atoms with van der Waals surface area (Å²) in [5.74, 6) is -2.62. The Hall–Kier alpha value is -1.65. The first-order valence-electron chi connectivity index (χ1n) is 7.05. The number of anilines is 1. The number of hydrogen-bond acceptors (Lipinski definition) is 2. The van der Waals surface area contributed by atoms with Crippen LogP contribution in [0.4, 0.5) is 14.5 Å². The summed E-state index contributed by atoms with van der Waals surface area (Å²) in [6, 6.07) is 2.06. The molecule has 112 valence electrons. The van der Waals surface area contributed by atoms with Crippen LogP contribution in [0.5, 0.6) is 0 Å². The van der Waals surface area contributed by atoms with Gasteiger partial charge in [-0.05, 0) is 25.0 Å². The molecule has 0 bridgehead atoms. The SMILES string of the molecule is CCCCC(CCC)NC(=O)c1c(F)ccc(N)c1F. The largest absolute Gasteiger partial charge is 0.396 e. The van der Waals surface area contributed by atoms with Crippen molar-refractivity contribution in [1.82, 2.24) is 5.32 Å². The van der Waals surface area contributed by atoms with Gasteiger partial charge in [0, 0.05) is 6.04 Å². The Labute approximate surface area is 118 Å². The molecule has 0 spiro atoms. The number of carbonyl (C=O) groups is 1. The van der Waals surface area contributed by atoms with Crippen LogP contribution in [-0.2, 0) is 0 Å². The van der Waals surface area contributed by atoms with Gasteiger partial charge in [0.25, 0.3) is 5.91 Å². The van der Waals surface area contributed by atoms with Crippen LogP contribution in [0.2, 0.25) is 0 Å². The van der Waals surface area contributed by atoms with Crippen molar-refractivity contribution in [3.05, 3.63) is 29.3 Å². The molecule has 0 aliphatic heterocycles. The van der Waals surface area contributed by atoms with Gasteiger partial charge in [0.1, 0.15) is 11.4 Å². The lowest BCUT2D eigenvalue weighted by atomic mass is 10.0. The van der Waals surface area contributed by atoms with E-state index in [1.54, 1.807) is 0 Å². The molecule has 5 heteroatoms. The maximum Gasteiger partial charge on any atom is 0.257 e. The minimum Gasteiger partial charge on any atom is -0.396 e. The summed E-state index contributed by atoms with van der Waals surface area (Å²) >= 11 is 0. The third-order valence-corrected chi connectivity index (χ3v) is 3.23. The first-order valence-corrected chi connectivity index (χ1v) is 7.05. The van der Waals surface area contributed by atoms with Crippen LogP contribution >= 0.6 is 0 Å². The molecule has 0 aliphatic rings. The molecule has 0 fully saturated rings. The monoisotopic (exact) mass is 284 g/mol. The summed E-state index contributed by atoms with van der Waals surface area (Å²) in [4.78, 5) is 12.0. The van der Waals surface area contributed by atoms with Crippen molar-refractivity contribution >= 4 is 11.6 Å². The molecule has 20 heavy (non-hydrogen) atoms. The maximum atomic E-state index is 13.8. The van der Waals surface area contributed by atoms with E-state index in [-0.39, 0.29) is 11.7 Å². The summed E-state index contributed by atoms with van der Waals surface area (Å²) in [5.41, 5.74) is 4.56. The lowest BCUT2D eigenvalue weighted by Crippen LogP contribution is -2.36. The average Bonchev–Trinajstić information content (AvgIpc) is 2.41. The number of nitrogens with two attached hydrogens (primary N) is 1. The van der Waals surface area contributed by atoms with Gasteiger partial charge in [-0.25, -0.2) is 8.78 Å². The molecule has 3 nitrogen and oxygen atoms in total. The predicted octanol–water partition coefficient (Wildman–Crippen LogP) is 3.64. The lowest BCUT2D eigenvalue weighted by molar-refractivity contribution is 0.0923. The quantitative estimate of drug-likeness (QED) is 0.751. The number of unbranched alkanes of at least 4 members (excludes halogenated alkanes) is 1. The number of benzene rings is 1. The van der Waals surface area contributed by atoms with Crippen LogP contribution < -0.4 is 11.1 Å². The van der Waals surface area contributed by atoms with E-state index in [0.29, 0.717) is 0 Å². The van der Waals surface area contributed by atoms with Crippen molar-refractivity contribution in [1.29, 1.82) is 0 Å². The highest BCUT2D eigenvalue weighted by Gasteiger charge is 2.21. The van der Waals surface area contributed by atoms with Gasteiger partial charge < -0.3 is 11.1 Å². The summed E-state index contributed by atoms with van der Waals surface area (Å²) in [6.07, 6.45) is 4.47. The molecule has 0 saturated carbocycles. The van der Waals surface area contributed by atoms with Gasteiger partial charge in [-0.15, -0.1) is 0 Å². The topological polar surface area (TPSA) is 55.1 Å². The summed E-state index contributed by atoms with van der Waals surface area (Å²) in [7, 11) is 0. The third kappa shape index (κ3) is 4.18. The Morgan fingerprint density at radius 1 is 1.25 bits per heavy atom. The molecule has 1 unspecified atom stereocenters. The average molecular weight is 284 g/mol. The number of nitrogens with one attached hydrogen (secondary N) is 1. The normalized spacial score (nSPS) is 12.2. The van der Waals surface area contributed by atoms with Crippen molar-refractivity contribution in [3.63, 3.8) is 0 Å². The minimum atomic E-state index is -0.992. The van der Waals surface area contributed by atoms with E-state index in [0.717, 1.165) is 44.2 Å². The van der Waals surface area contributed by atoms with E-state index < -0.39 is 23.1 Å². The molecule has 3 N–H and O–H groups in total. The van der Waals surface area contributed by atoms with Crippen LogP contribution in [0.15, 0.2) is 12.1 Å². The Bertz CT molecular complexity index is 463. The molecule has 1 aromatic rings. The fraction of sp³-hybridized carbons (Fsp3) is 0.533. The van der Waals surface area contributed by atoms with E-state index >= 15 is 0 Å². The molecule has 0 radical (unpaired) electrons. The second-order valence-electron chi connectivity index (χ2n) is 4.93. The van der Waals surface area contributed by atoms with Crippen molar-refractivity contribution in [3.8, 4) is 0 Å². The zero-order chi connectivity index (χ0) is 15.1. The van der Waals surface area contributed by atoms with Gasteiger partial charge in [-0.3, -0.25) is 4.79 Å². The highest BCUT2D eigenvalue weighted by atomic mass is 19.1. The molecular formula is C15H22F2N2O. The summed E-state index contributed by atoms with van der Waals surface area (Å²) < 4.78 is 27.4. The molecule has 1 aromatic carbocycles. The van der Waals surface area contributed by atoms with Crippen LogP contribution in [0.25, 0.3) is 0 Å². The first kappa shape index (κ1) is 16.4. The van der Waals surface area contributed by atoms with Crippen molar-refractivity contribution in [2.24, 2.45) is 0 Å². The minimum absolute atomic E-state index is 0.0623. The third-order valence-electron chi connectivity index (χ3n) is 3.23. The van der Waals surface area contributed by atoms with Crippen LogP contribution in [0, 0.1) is 11.6 Å². The zero-order valence-electron chi connectivity index (χ0n) is 12.0. The Balaban J connectivity index is 2.86. The van der Waals surface area contributed by atoms with Crippen LogP contribution in [0.3, 0.4) is 0 Å². The molecule has 1 amide bonds. The van der Waals surface area contributed by atoms with Crippen LogP contribution in [-0.4, -0.2) is 11.9 Å². The Kier molecular flexibility index (Phi) is 6.42. The Morgan fingerprint density at radius 2 is 1.95 bits per heavy atom. The summed E-state index contributed by atoms with van der Waals surface area (Å²) in [6.45, 7) is 4.06. The second-order valence-corrected chi connectivity index (χ2v) is 4.93.